The van der Waals surface area contributed by atoms with Gasteiger partial charge in [0.2, 0.25) is 5.96 Å². The molecule has 0 radical (unpaired) electrons. The molecule has 6 N–H and O–H groups in total. The minimum Gasteiger partial charge on any atom is -0.393 e. The summed E-state index contributed by atoms with van der Waals surface area (Å²) in [6, 6.07) is 0.0832. The quantitative estimate of drug-likeness (QED) is 0.196. The summed E-state index contributed by atoms with van der Waals surface area (Å²) in [5.41, 5.74) is 8.99. The van der Waals surface area contributed by atoms with Crippen molar-refractivity contribution in [3.63, 3.8) is 0 Å². The molecule has 4 aliphatic carbocycles. The van der Waals surface area contributed by atoms with Crippen LogP contribution < -0.4 is 17.0 Å². The van der Waals surface area contributed by atoms with Gasteiger partial charge in [-0.2, -0.15) is 0 Å². The molecule has 0 aliphatic heterocycles. The number of aliphatic hydroxyl groups excluding tert-OH is 1. The van der Waals surface area contributed by atoms with Gasteiger partial charge in [0.25, 0.3) is 0 Å². The van der Waals surface area contributed by atoms with Gasteiger partial charge in [0.05, 0.1) is 12.1 Å². The number of rotatable bonds is 5. The summed E-state index contributed by atoms with van der Waals surface area (Å²) in [5.74, 6) is 10.1. The molecule has 5 heteroatoms. The highest BCUT2D eigenvalue weighted by Gasteiger charge is 2.59. The molecular weight excluding hydrogens is 408 g/mol. The van der Waals surface area contributed by atoms with E-state index in [-0.39, 0.29) is 23.0 Å². The van der Waals surface area contributed by atoms with Gasteiger partial charge in [-0.15, -0.1) is 0 Å². The molecule has 0 aromatic carbocycles. The Morgan fingerprint density at radius 3 is 2.48 bits per heavy atom. The van der Waals surface area contributed by atoms with Gasteiger partial charge in [-0.25, -0.2) is 10.8 Å². The monoisotopic (exact) mass is 460 g/mol. The van der Waals surface area contributed by atoms with Crippen LogP contribution in [0.5, 0.6) is 0 Å². The average molecular weight is 461 g/mol. The van der Waals surface area contributed by atoms with Crippen LogP contribution in [0.4, 0.5) is 0 Å². The molecule has 190 valence electrons. The zero-order chi connectivity index (χ0) is 24.2. The van der Waals surface area contributed by atoms with Crippen LogP contribution in [0.2, 0.25) is 0 Å². The van der Waals surface area contributed by atoms with E-state index in [9.17, 15) is 5.11 Å². The lowest BCUT2D eigenvalue weighted by Crippen LogP contribution is -2.55. The molecule has 0 heterocycles. The highest BCUT2D eigenvalue weighted by Crippen LogP contribution is 2.65. The second kappa shape index (κ2) is 9.00. The standard InChI is InChI=1S/C28H52N4O/c1-17(31-25(29)32-30)27(4,5)26(2,3)16-18-10-11-21-20(18)12-13-22-24(21)23(33)15-19-9-7-8-14-28(19,22)6/h17-24,33H,7-16,30H2,1-6H3,(H3,29,31,32). The van der Waals surface area contributed by atoms with Crippen molar-refractivity contribution in [3.8, 4) is 0 Å². The molecule has 4 fully saturated rings. The van der Waals surface area contributed by atoms with Gasteiger partial charge in [-0.05, 0) is 110 Å². The van der Waals surface area contributed by atoms with E-state index >= 15 is 0 Å². The van der Waals surface area contributed by atoms with E-state index in [1.54, 1.807) is 0 Å². The summed E-state index contributed by atoms with van der Waals surface area (Å²) in [4.78, 5) is 4.62. The van der Waals surface area contributed by atoms with Crippen LogP contribution in [0.1, 0.15) is 106 Å². The first kappa shape index (κ1) is 25.3. The van der Waals surface area contributed by atoms with E-state index in [0.717, 1.165) is 36.0 Å². The van der Waals surface area contributed by atoms with Gasteiger partial charge < -0.3 is 10.8 Å². The Bertz CT molecular complexity index is 733. The topological polar surface area (TPSA) is 96.7 Å². The molecular formula is C28H52N4O. The van der Waals surface area contributed by atoms with Crippen LogP contribution in [0.3, 0.4) is 0 Å². The Kier molecular flexibility index (Phi) is 6.90. The lowest BCUT2D eigenvalue weighted by Gasteiger charge is -2.60. The van der Waals surface area contributed by atoms with Crippen LogP contribution >= 0.6 is 0 Å². The largest absolute Gasteiger partial charge is 0.393 e. The number of aliphatic imine (C=N–C) groups is 1. The predicted molar refractivity (Wildman–Crippen MR) is 137 cm³/mol. The Balaban J connectivity index is 1.49. The second-order valence-electron chi connectivity index (χ2n) is 13.8. The van der Waals surface area contributed by atoms with E-state index in [1.807, 2.05) is 0 Å². The Labute approximate surface area is 202 Å². The zero-order valence-electron chi connectivity index (χ0n) is 22.2. The summed E-state index contributed by atoms with van der Waals surface area (Å²) in [7, 11) is 0. The van der Waals surface area contributed by atoms with Crippen LogP contribution in [0.15, 0.2) is 4.99 Å². The number of aliphatic hydroxyl groups is 1. The molecule has 0 aromatic heterocycles. The molecule has 0 saturated heterocycles. The molecule has 4 saturated carbocycles. The van der Waals surface area contributed by atoms with Crippen molar-refractivity contribution in [2.45, 2.75) is 118 Å². The first-order valence-corrected chi connectivity index (χ1v) is 13.9. The first-order chi connectivity index (χ1) is 15.4. The number of guanidine groups is 1. The van der Waals surface area contributed by atoms with E-state index in [1.165, 1.54) is 57.8 Å². The lowest BCUT2D eigenvalue weighted by atomic mass is 9.46. The third kappa shape index (κ3) is 4.24. The van der Waals surface area contributed by atoms with Crippen molar-refractivity contribution in [2.75, 3.05) is 0 Å². The molecule has 9 unspecified atom stereocenters. The number of nitrogens with one attached hydrogen (secondary N) is 1. The minimum absolute atomic E-state index is 0.00307. The SMILES string of the molecule is CC(N=C(N)NN)C(C)(C)C(C)(C)CC1CCC2C1CCC1C2C(O)CC2CCCCC21C. The van der Waals surface area contributed by atoms with Gasteiger partial charge >= 0.3 is 0 Å². The Morgan fingerprint density at radius 2 is 1.79 bits per heavy atom. The van der Waals surface area contributed by atoms with Gasteiger partial charge in [0.15, 0.2) is 0 Å². The van der Waals surface area contributed by atoms with Crippen LogP contribution in [0.25, 0.3) is 0 Å². The number of hydrogen-bond acceptors (Lipinski definition) is 3. The van der Waals surface area contributed by atoms with Crippen molar-refractivity contribution < 1.29 is 5.11 Å². The van der Waals surface area contributed by atoms with Gasteiger partial charge in [-0.1, -0.05) is 47.5 Å². The molecule has 4 aliphatic rings. The highest BCUT2D eigenvalue weighted by molar-refractivity contribution is 5.77. The van der Waals surface area contributed by atoms with Crippen LogP contribution in [-0.2, 0) is 0 Å². The molecule has 5 nitrogen and oxygen atoms in total. The number of hydrogen-bond donors (Lipinski definition) is 4. The van der Waals surface area contributed by atoms with Crippen molar-refractivity contribution in [1.82, 2.24) is 5.43 Å². The fourth-order valence-corrected chi connectivity index (χ4v) is 9.20. The van der Waals surface area contributed by atoms with E-state index < -0.39 is 0 Å². The van der Waals surface area contributed by atoms with Crippen molar-refractivity contribution in [1.29, 1.82) is 0 Å². The Hall–Kier alpha value is -0.810. The summed E-state index contributed by atoms with van der Waals surface area (Å²) >= 11 is 0. The summed E-state index contributed by atoms with van der Waals surface area (Å²) in [6.45, 7) is 14.3. The van der Waals surface area contributed by atoms with Gasteiger partial charge in [0, 0.05) is 0 Å². The minimum atomic E-state index is -0.0664. The smallest absolute Gasteiger partial charge is 0.203 e. The molecule has 0 amide bonds. The van der Waals surface area contributed by atoms with Crippen molar-refractivity contribution in [3.05, 3.63) is 0 Å². The third-order valence-corrected chi connectivity index (χ3v) is 12.1. The van der Waals surface area contributed by atoms with E-state index in [4.69, 9.17) is 11.6 Å². The molecule has 9 atom stereocenters. The average Bonchev–Trinajstić information content (AvgIpc) is 3.16. The maximum atomic E-state index is 11.4. The number of hydrazine groups is 1. The fourth-order valence-electron chi connectivity index (χ4n) is 9.20. The number of nitrogens with two attached hydrogens (primary N) is 2. The molecule has 0 aromatic rings. The summed E-state index contributed by atoms with van der Waals surface area (Å²) < 4.78 is 0. The van der Waals surface area contributed by atoms with Crippen molar-refractivity contribution >= 4 is 5.96 Å². The maximum absolute atomic E-state index is 11.4. The van der Waals surface area contributed by atoms with Crippen LogP contribution in [0, 0.1) is 51.8 Å². The zero-order valence-corrected chi connectivity index (χ0v) is 22.2. The lowest BCUT2D eigenvalue weighted by molar-refractivity contribution is -0.146. The number of nitrogens with zero attached hydrogens (tertiary/aromatic N) is 1. The van der Waals surface area contributed by atoms with E-state index in [0.29, 0.717) is 17.3 Å². The first-order valence-electron chi connectivity index (χ1n) is 13.9. The van der Waals surface area contributed by atoms with Crippen molar-refractivity contribution in [2.24, 2.45) is 68.3 Å². The Morgan fingerprint density at radius 1 is 1.09 bits per heavy atom. The molecule has 4 rings (SSSR count). The normalized spacial score (nSPS) is 42.8. The number of fused-ring (bicyclic) bond motifs is 5. The second-order valence-corrected chi connectivity index (χ2v) is 13.8. The summed E-state index contributed by atoms with van der Waals surface area (Å²) in [5, 5.41) is 11.4. The third-order valence-electron chi connectivity index (χ3n) is 12.1. The highest BCUT2D eigenvalue weighted by atomic mass is 16.3. The molecule has 0 bridgehead atoms. The van der Waals surface area contributed by atoms with E-state index in [2.05, 4.69) is 52.0 Å². The van der Waals surface area contributed by atoms with Crippen LogP contribution in [-0.4, -0.2) is 23.2 Å². The summed E-state index contributed by atoms with van der Waals surface area (Å²) in [6.07, 6.45) is 13.1. The maximum Gasteiger partial charge on any atom is 0.203 e. The molecule has 0 spiro atoms. The predicted octanol–water partition coefficient (Wildman–Crippen LogP) is 5.23. The van der Waals surface area contributed by atoms with Gasteiger partial charge in [0.1, 0.15) is 0 Å². The van der Waals surface area contributed by atoms with Gasteiger partial charge in [-0.3, -0.25) is 5.43 Å². The molecule has 33 heavy (non-hydrogen) atoms. The fraction of sp³-hybridized carbons (Fsp3) is 0.964.